The summed E-state index contributed by atoms with van der Waals surface area (Å²) in [5.41, 5.74) is 1.75. The summed E-state index contributed by atoms with van der Waals surface area (Å²) in [6.45, 7) is 0.624. The first kappa shape index (κ1) is 13.2. The largest absolute Gasteiger partial charge is 0.478 e. The molecule has 1 amide bonds. The highest BCUT2D eigenvalue weighted by molar-refractivity contribution is 5.98. The van der Waals surface area contributed by atoms with Crippen molar-refractivity contribution in [2.24, 2.45) is 0 Å². The number of carbonyl (C=O) groups is 2. The molecule has 2 rings (SSSR count). The average Bonchev–Trinajstić information content (AvgIpc) is 2.43. The Morgan fingerprint density at radius 1 is 1.42 bits per heavy atom. The Hall–Kier alpha value is -2.28. The van der Waals surface area contributed by atoms with Crippen molar-refractivity contribution in [3.63, 3.8) is 0 Å². The van der Waals surface area contributed by atoms with Crippen LogP contribution < -0.4 is 4.90 Å². The summed E-state index contributed by atoms with van der Waals surface area (Å²) < 4.78 is 0. The highest BCUT2D eigenvalue weighted by atomic mass is 16.4. The van der Waals surface area contributed by atoms with Crippen LogP contribution in [0.5, 0.6) is 0 Å². The van der Waals surface area contributed by atoms with Crippen molar-refractivity contribution in [2.75, 3.05) is 11.4 Å². The Labute approximate surface area is 112 Å². The van der Waals surface area contributed by atoms with Crippen LogP contribution in [-0.4, -0.2) is 23.5 Å². The van der Waals surface area contributed by atoms with Crippen molar-refractivity contribution in [2.45, 2.75) is 25.7 Å². The van der Waals surface area contributed by atoms with E-state index in [1.807, 2.05) is 0 Å². The molecule has 0 atom stereocenters. The second-order valence-corrected chi connectivity index (χ2v) is 4.46. The van der Waals surface area contributed by atoms with Gasteiger partial charge in [0, 0.05) is 25.1 Å². The maximum atomic E-state index is 12.1. The Morgan fingerprint density at radius 3 is 2.89 bits per heavy atom. The maximum absolute atomic E-state index is 12.1. The van der Waals surface area contributed by atoms with Crippen molar-refractivity contribution in [3.8, 4) is 12.3 Å². The zero-order chi connectivity index (χ0) is 13.8. The number of aromatic carboxylic acids is 1. The first-order valence-corrected chi connectivity index (χ1v) is 6.24. The molecule has 0 aliphatic carbocycles. The lowest BCUT2D eigenvalue weighted by molar-refractivity contribution is -0.118. The van der Waals surface area contributed by atoms with Crippen molar-refractivity contribution in [1.82, 2.24) is 0 Å². The minimum absolute atomic E-state index is 0.0403. The van der Waals surface area contributed by atoms with Gasteiger partial charge in [0.1, 0.15) is 0 Å². The summed E-state index contributed by atoms with van der Waals surface area (Å²) in [7, 11) is 0. The van der Waals surface area contributed by atoms with Crippen molar-refractivity contribution in [1.29, 1.82) is 0 Å². The normalized spacial score (nSPS) is 13.5. The predicted molar refractivity (Wildman–Crippen MR) is 72.1 cm³/mol. The molecule has 0 saturated heterocycles. The number of hydrogen-bond donors (Lipinski definition) is 1. The van der Waals surface area contributed by atoms with Gasteiger partial charge in [0.15, 0.2) is 0 Å². The summed E-state index contributed by atoms with van der Waals surface area (Å²) in [5.74, 6) is 1.46. The van der Waals surface area contributed by atoms with Gasteiger partial charge >= 0.3 is 5.97 Å². The number of amides is 1. The van der Waals surface area contributed by atoms with E-state index in [0.717, 1.165) is 12.0 Å². The minimum Gasteiger partial charge on any atom is -0.478 e. The number of terminal acetylenes is 1. The molecule has 0 aromatic heterocycles. The molecule has 1 aromatic rings. The zero-order valence-corrected chi connectivity index (χ0v) is 10.6. The molecule has 4 heteroatoms. The first-order valence-electron chi connectivity index (χ1n) is 6.24. The predicted octanol–water partition coefficient (Wildman–Crippen LogP) is 2.08. The van der Waals surface area contributed by atoms with Gasteiger partial charge in [-0.25, -0.2) is 4.79 Å². The lowest BCUT2D eigenvalue weighted by Crippen LogP contribution is -2.35. The topological polar surface area (TPSA) is 57.6 Å². The molecule has 0 spiro atoms. The van der Waals surface area contributed by atoms with Gasteiger partial charge in [0.25, 0.3) is 0 Å². The zero-order valence-electron chi connectivity index (χ0n) is 10.6. The van der Waals surface area contributed by atoms with Crippen LogP contribution in [0.3, 0.4) is 0 Å². The summed E-state index contributed by atoms with van der Waals surface area (Å²) in [4.78, 5) is 24.9. The molecule has 1 heterocycles. The smallest absolute Gasteiger partial charge is 0.336 e. The number of anilines is 1. The van der Waals surface area contributed by atoms with Crippen molar-refractivity contribution in [3.05, 3.63) is 29.3 Å². The van der Waals surface area contributed by atoms with E-state index >= 15 is 0 Å². The number of benzene rings is 1. The summed E-state index contributed by atoms with van der Waals surface area (Å²) >= 11 is 0. The Balaban J connectivity index is 2.35. The van der Waals surface area contributed by atoms with Crippen LogP contribution in [0, 0.1) is 12.3 Å². The van der Waals surface area contributed by atoms with E-state index in [1.54, 1.807) is 23.1 Å². The van der Waals surface area contributed by atoms with Gasteiger partial charge in [-0.3, -0.25) is 4.79 Å². The van der Waals surface area contributed by atoms with E-state index in [9.17, 15) is 14.7 Å². The fourth-order valence-corrected chi connectivity index (χ4v) is 2.40. The van der Waals surface area contributed by atoms with Crippen LogP contribution in [0.4, 0.5) is 5.69 Å². The monoisotopic (exact) mass is 257 g/mol. The van der Waals surface area contributed by atoms with Gasteiger partial charge in [0.2, 0.25) is 5.91 Å². The SMILES string of the molecule is C#CCCC(=O)N1CCCc2c(C(=O)O)cccc21. The Kier molecular flexibility index (Phi) is 3.86. The molecular weight excluding hydrogens is 242 g/mol. The van der Waals surface area contributed by atoms with Crippen LogP contribution in [0.2, 0.25) is 0 Å². The van der Waals surface area contributed by atoms with Gasteiger partial charge in [-0.2, -0.15) is 0 Å². The molecule has 4 nitrogen and oxygen atoms in total. The Morgan fingerprint density at radius 2 is 2.21 bits per heavy atom. The van der Waals surface area contributed by atoms with Crippen LogP contribution in [0.15, 0.2) is 18.2 Å². The second-order valence-electron chi connectivity index (χ2n) is 4.46. The van der Waals surface area contributed by atoms with Crippen molar-refractivity contribution >= 4 is 17.6 Å². The number of rotatable bonds is 3. The molecule has 1 aliphatic rings. The highest BCUT2D eigenvalue weighted by Gasteiger charge is 2.25. The highest BCUT2D eigenvalue weighted by Crippen LogP contribution is 2.30. The number of nitrogens with zero attached hydrogens (tertiary/aromatic N) is 1. The van der Waals surface area contributed by atoms with E-state index in [1.165, 1.54) is 0 Å². The third-order valence-corrected chi connectivity index (χ3v) is 3.27. The lowest BCUT2D eigenvalue weighted by atomic mass is 9.96. The van der Waals surface area contributed by atoms with Gasteiger partial charge in [-0.1, -0.05) is 6.07 Å². The molecule has 0 unspecified atom stereocenters. The molecule has 0 fully saturated rings. The number of hydrogen-bond acceptors (Lipinski definition) is 2. The number of carboxylic acid groups (broad SMARTS) is 1. The number of fused-ring (bicyclic) bond motifs is 1. The first-order chi connectivity index (χ1) is 9.15. The van der Waals surface area contributed by atoms with Gasteiger partial charge in [-0.15, -0.1) is 12.3 Å². The quantitative estimate of drug-likeness (QED) is 0.843. The summed E-state index contributed by atoms with van der Waals surface area (Å²) in [5, 5.41) is 9.18. The standard InChI is InChI=1S/C15H15NO3/c1-2-3-9-14(17)16-10-5-7-11-12(15(18)19)6-4-8-13(11)16/h1,4,6,8H,3,5,7,9-10H2,(H,18,19). The van der Waals surface area contributed by atoms with Crippen LogP contribution >= 0.6 is 0 Å². The molecular formula is C15H15NO3. The molecule has 0 bridgehead atoms. The average molecular weight is 257 g/mol. The lowest BCUT2D eigenvalue weighted by Gasteiger charge is -2.30. The van der Waals surface area contributed by atoms with E-state index in [0.29, 0.717) is 31.5 Å². The van der Waals surface area contributed by atoms with Crippen molar-refractivity contribution < 1.29 is 14.7 Å². The molecule has 98 valence electrons. The maximum Gasteiger partial charge on any atom is 0.336 e. The fourth-order valence-electron chi connectivity index (χ4n) is 2.40. The van der Waals surface area contributed by atoms with E-state index in [-0.39, 0.29) is 11.5 Å². The number of carboxylic acids is 1. The summed E-state index contributed by atoms with van der Waals surface area (Å²) in [6, 6.07) is 5.06. The third-order valence-electron chi connectivity index (χ3n) is 3.27. The van der Waals surface area contributed by atoms with Crippen LogP contribution in [-0.2, 0) is 11.2 Å². The van der Waals surface area contributed by atoms with Crippen LogP contribution in [0.1, 0.15) is 35.2 Å². The summed E-state index contributed by atoms with van der Waals surface area (Å²) in [6.07, 6.45) is 7.34. The van der Waals surface area contributed by atoms with E-state index < -0.39 is 5.97 Å². The second kappa shape index (κ2) is 5.57. The van der Waals surface area contributed by atoms with Gasteiger partial charge in [-0.05, 0) is 30.5 Å². The molecule has 1 aromatic carbocycles. The molecule has 1 N–H and O–H groups in total. The molecule has 0 saturated carbocycles. The Bertz CT molecular complexity index is 557. The third kappa shape index (κ3) is 2.60. The van der Waals surface area contributed by atoms with Gasteiger partial charge in [0.05, 0.1) is 5.56 Å². The fraction of sp³-hybridized carbons (Fsp3) is 0.333. The van der Waals surface area contributed by atoms with Gasteiger partial charge < -0.3 is 10.0 Å². The van der Waals surface area contributed by atoms with E-state index in [4.69, 9.17) is 6.42 Å². The molecule has 19 heavy (non-hydrogen) atoms. The molecule has 0 radical (unpaired) electrons. The van der Waals surface area contributed by atoms with E-state index in [2.05, 4.69) is 5.92 Å². The molecule has 1 aliphatic heterocycles. The minimum atomic E-state index is -0.949. The van der Waals surface area contributed by atoms with Crippen LogP contribution in [0.25, 0.3) is 0 Å². The number of carbonyl (C=O) groups excluding carboxylic acids is 1.